The third-order valence-corrected chi connectivity index (χ3v) is 8.06. The molecule has 0 radical (unpaired) electrons. The molecule has 2 unspecified atom stereocenters. The Morgan fingerprint density at radius 2 is 0.842 bits per heavy atom. The molecular weight excluding hydrogens is 468 g/mol. The van der Waals surface area contributed by atoms with Crippen molar-refractivity contribution < 1.29 is 14.6 Å². The van der Waals surface area contributed by atoms with Gasteiger partial charge in [0, 0.05) is 12.8 Å². The molecule has 3 nitrogen and oxygen atoms in total. The summed E-state index contributed by atoms with van der Waals surface area (Å²) in [7, 11) is 0. The highest BCUT2D eigenvalue weighted by atomic mass is 16.5. The second-order valence-electron chi connectivity index (χ2n) is 12.2. The van der Waals surface area contributed by atoms with Crippen molar-refractivity contribution in [2.24, 2.45) is 0 Å². The molecule has 228 valence electrons. The van der Waals surface area contributed by atoms with Crippen LogP contribution in [0.5, 0.6) is 0 Å². The van der Waals surface area contributed by atoms with Crippen LogP contribution in [0.1, 0.15) is 207 Å². The Hall–Kier alpha value is -0.570. The van der Waals surface area contributed by atoms with Crippen molar-refractivity contribution in [2.75, 3.05) is 0 Å². The van der Waals surface area contributed by atoms with Gasteiger partial charge in [-0.2, -0.15) is 0 Å². The SMILES string of the molecule is CCCCCCCCCCCCCCCC(=O)OC(C)CC(O)CCCCCCCCCCCCCCC. The summed E-state index contributed by atoms with van der Waals surface area (Å²) in [5.41, 5.74) is 0. The normalized spacial score (nSPS) is 13.1. The second kappa shape index (κ2) is 31.0. The summed E-state index contributed by atoms with van der Waals surface area (Å²) in [5.74, 6) is -0.0891. The zero-order valence-corrected chi connectivity index (χ0v) is 26.4. The number of hydrogen-bond donors (Lipinski definition) is 1. The average molecular weight is 539 g/mol. The van der Waals surface area contributed by atoms with Gasteiger partial charge in [0.1, 0.15) is 6.10 Å². The standard InChI is InChI=1S/C35H70O3/c1-4-6-8-10-12-14-16-18-20-22-24-26-28-30-34(36)32-33(3)38-35(37)31-29-27-25-23-21-19-17-15-13-11-9-7-5-2/h33-34,36H,4-32H2,1-3H3. The van der Waals surface area contributed by atoms with Gasteiger partial charge < -0.3 is 9.84 Å². The van der Waals surface area contributed by atoms with Crippen LogP contribution in [-0.4, -0.2) is 23.3 Å². The Morgan fingerprint density at radius 1 is 0.526 bits per heavy atom. The Morgan fingerprint density at radius 3 is 1.21 bits per heavy atom. The topological polar surface area (TPSA) is 46.5 Å². The highest BCUT2D eigenvalue weighted by Gasteiger charge is 2.14. The van der Waals surface area contributed by atoms with E-state index in [-0.39, 0.29) is 18.2 Å². The number of aliphatic hydroxyl groups excluding tert-OH is 1. The van der Waals surface area contributed by atoms with E-state index in [9.17, 15) is 9.90 Å². The van der Waals surface area contributed by atoms with E-state index < -0.39 is 0 Å². The van der Waals surface area contributed by atoms with E-state index >= 15 is 0 Å². The molecule has 38 heavy (non-hydrogen) atoms. The largest absolute Gasteiger partial charge is 0.463 e. The molecule has 0 aliphatic heterocycles. The fourth-order valence-electron chi connectivity index (χ4n) is 5.52. The molecule has 0 amide bonds. The number of esters is 1. The fourth-order valence-corrected chi connectivity index (χ4v) is 5.52. The predicted molar refractivity (Wildman–Crippen MR) is 167 cm³/mol. The molecule has 0 spiro atoms. The summed E-state index contributed by atoms with van der Waals surface area (Å²) < 4.78 is 5.55. The minimum atomic E-state index is -0.346. The third-order valence-electron chi connectivity index (χ3n) is 8.06. The first-order chi connectivity index (χ1) is 18.6. The number of hydrogen-bond acceptors (Lipinski definition) is 3. The average Bonchev–Trinajstić information content (AvgIpc) is 2.89. The van der Waals surface area contributed by atoms with Crippen LogP contribution in [0.25, 0.3) is 0 Å². The molecule has 0 saturated carbocycles. The lowest BCUT2D eigenvalue weighted by Crippen LogP contribution is -2.21. The summed E-state index contributed by atoms with van der Waals surface area (Å²) in [4.78, 5) is 12.1. The lowest BCUT2D eigenvalue weighted by atomic mass is 10.0. The van der Waals surface area contributed by atoms with Crippen LogP contribution in [0.3, 0.4) is 0 Å². The van der Waals surface area contributed by atoms with Crippen molar-refractivity contribution in [1.29, 1.82) is 0 Å². The quantitative estimate of drug-likeness (QED) is 0.0705. The summed E-state index contributed by atoms with van der Waals surface area (Å²) >= 11 is 0. The maximum Gasteiger partial charge on any atom is 0.306 e. The van der Waals surface area contributed by atoms with Gasteiger partial charge in [0.05, 0.1) is 6.10 Å². The monoisotopic (exact) mass is 539 g/mol. The fraction of sp³-hybridized carbons (Fsp3) is 0.971. The Kier molecular flexibility index (Phi) is 30.5. The maximum absolute atomic E-state index is 12.1. The summed E-state index contributed by atoms with van der Waals surface area (Å²) in [6.45, 7) is 6.48. The van der Waals surface area contributed by atoms with Crippen LogP contribution in [0, 0.1) is 0 Å². The molecule has 0 fully saturated rings. The van der Waals surface area contributed by atoms with Gasteiger partial charge in [-0.1, -0.05) is 174 Å². The Bertz CT molecular complexity index is 464. The first-order valence-electron chi connectivity index (χ1n) is 17.5. The molecule has 0 bridgehead atoms. The third kappa shape index (κ3) is 30.0. The smallest absolute Gasteiger partial charge is 0.306 e. The lowest BCUT2D eigenvalue weighted by Gasteiger charge is -2.17. The zero-order valence-electron chi connectivity index (χ0n) is 26.4. The molecule has 0 aromatic heterocycles. The predicted octanol–water partition coefficient (Wildman–Crippen LogP) is 11.6. The van der Waals surface area contributed by atoms with Crippen molar-refractivity contribution in [2.45, 2.75) is 219 Å². The van der Waals surface area contributed by atoms with E-state index in [4.69, 9.17) is 4.74 Å². The number of unbranched alkanes of at least 4 members (excludes halogenated alkanes) is 24. The Labute approximate surface area is 239 Å². The number of carbonyl (C=O) groups excluding carboxylic acids is 1. The first-order valence-corrected chi connectivity index (χ1v) is 17.5. The van der Waals surface area contributed by atoms with Gasteiger partial charge in [-0.3, -0.25) is 4.79 Å². The summed E-state index contributed by atoms with van der Waals surface area (Å²) in [5, 5.41) is 10.3. The number of rotatable bonds is 31. The van der Waals surface area contributed by atoms with Crippen molar-refractivity contribution in [1.82, 2.24) is 0 Å². The van der Waals surface area contributed by atoms with Gasteiger partial charge in [0.15, 0.2) is 0 Å². The minimum absolute atomic E-state index is 0.0891. The van der Waals surface area contributed by atoms with E-state index in [1.54, 1.807) is 0 Å². The van der Waals surface area contributed by atoms with Crippen LogP contribution in [-0.2, 0) is 9.53 Å². The van der Waals surface area contributed by atoms with E-state index in [0.717, 1.165) is 25.7 Å². The van der Waals surface area contributed by atoms with Gasteiger partial charge in [0.25, 0.3) is 0 Å². The maximum atomic E-state index is 12.1. The molecule has 0 aromatic rings. The second-order valence-corrected chi connectivity index (χ2v) is 12.2. The van der Waals surface area contributed by atoms with Gasteiger partial charge in [-0.25, -0.2) is 0 Å². The molecule has 0 heterocycles. The number of ether oxygens (including phenoxy) is 1. The van der Waals surface area contributed by atoms with E-state index in [1.165, 1.54) is 148 Å². The van der Waals surface area contributed by atoms with Gasteiger partial charge in [-0.05, 0) is 19.8 Å². The summed E-state index contributed by atoms with van der Waals surface area (Å²) in [6, 6.07) is 0. The van der Waals surface area contributed by atoms with E-state index in [2.05, 4.69) is 13.8 Å². The molecule has 0 aliphatic carbocycles. The highest BCUT2D eigenvalue weighted by molar-refractivity contribution is 5.69. The molecule has 1 N–H and O–H groups in total. The van der Waals surface area contributed by atoms with Crippen molar-refractivity contribution in [3.05, 3.63) is 0 Å². The highest BCUT2D eigenvalue weighted by Crippen LogP contribution is 2.16. The van der Waals surface area contributed by atoms with E-state index in [1.807, 2.05) is 6.92 Å². The Balaban J connectivity index is 3.41. The van der Waals surface area contributed by atoms with Crippen LogP contribution in [0.15, 0.2) is 0 Å². The molecule has 0 rings (SSSR count). The minimum Gasteiger partial charge on any atom is -0.463 e. The van der Waals surface area contributed by atoms with Gasteiger partial charge in [-0.15, -0.1) is 0 Å². The van der Waals surface area contributed by atoms with Crippen LogP contribution < -0.4 is 0 Å². The van der Waals surface area contributed by atoms with Crippen molar-refractivity contribution in [3.63, 3.8) is 0 Å². The molecule has 2 atom stereocenters. The molecule has 3 heteroatoms. The summed E-state index contributed by atoms with van der Waals surface area (Å²) in [6.07, 6.45) is 36.0. The molecule has 0 aliphatic rings. The molecule has 0 aromatic carbocycles. The molecular formula is C35H70O3. The van der Waals surface area contributed by atoms with Crippen LogP contribution in [0.4, 0.5) is 0 Å². The van der Waals surface area contributed by atoms with E-state index in [0.29, 0.717) is 12.8 Å². The number of aliphatic hydroxyl groups is 1. The van der Waals surface area contributed by atoms with Gasteiger partial charge in [0.2, 0.25) is 0 Å². The zero-order chi connectivity index (χ0) is 27.9. The molecule has 0 saturated heterocycles. The van der Waals surface area contributed by atoms with Crippen molar-refractivity contribution >= 4 is 5.97 Å². The number of carbonyl (C=O) groups is 1. The van der Waals surface area contributed by atoms with Crippen LogP contribution in [0.2, 0.25) is 0 Å². The van der Waals surface area contributed by atoms with Crippen LogP contribution >= 0.6 is 0 Å². The van der Waals surface area contributed by atoms with Gasteiger partial charge >= 0.3 is 5.97 Å². The lowest BCUT2D eigenvalue weighted by molar-refractivity contribution is -0.149. The van der Waals surface area contributed by atoms with Crippen molar-refractivity contribution in [3.8, 4) is 0 Å². The first kappa shape index (κ1) is 37.4.